The zero-order chi connectivity index (χ0) is 9.56. The number of halogens is 2. The number of hydrogen-bond acceptors (Lipinski definition) is 2. The SMILES string of the molecule is C[C@@H](C(=O)O)N(CCCl)CCCl. The minimum Gasteiger partial charge on any atom is -0.480 e. The lowest BCUT2D eigenvalue weighted by atomic mass is 10.3. The summed E-state index contributed by atoms with van der Waals surface area (Å²) in [6, 6.07) is -0.512. The van der Waals surface area contributed by atoms with Gasteiger partial charge in [0.15, 0.2) is 0 Å². The molecule has 0 amide bonds. The minimum atomic E-state index is -0.842. The average Bonchev–Trinajstić information content (AvgIpc) is 2.03. The predicted molar refractivity (Wildman–Crippen MR) is 50.1 cm³/mol. The van der Waals surface area contributed by atoms with E-state index in [2.05, 4.69) is 0 Å². The normalized spacial score (nSPS) is 13.3. The zero-order valence-corrected chi connectivity index (χ0v) is 8.48. The average molecular weight is 214 g/mol. The maximum atomic E-state index is 10.6. The van der Waals surface area contributed by atoms with Crippen LogP contribution in [0.2, 0.25) is 0 Å². The first kappa shape index (κ1) is 12.0. The second-order valence-corrected chi connectivity index (χ2v) is 3.18. The lowest BCUT2D eigenvalue weighted by Gasteiger charge is -2.23. The topological polar surface area (TPSA) is 40.5 Å². The Bertz CT molecular complexity index is 137. The number of carbonyl (C=O) groups is 1. The molecule has 0 aliphatic carbocycles. The summed E-state index contributed by atoms with van der Waals surface area (Å²) in [6.45, 7) is 2.74. The number of rotatable bonds is 6. The van der Waals surface area contributed by atoms with Crippen LogP contribution in [-0.2, 0) is 4.79 Å². The number of carboxylic acids is 1. The van der Waals surface area contributed by atoms with Gasteiger partial charge >= 0.3 is 5.97 Å². The third-order valence-electron chi connectivity index (χ3n) is 1.65. The molecular formula is C7H13Cl2NO2. The minimum absolute atomic E-state index is 0.425. The molecule has 5 heteroatoms. The van der Waals surface area contributed by atoms with Gasteiger partial charge in [0, 0.05) is 24.8 Å². The van der Waals surface area contributed by atoms with Crippen LogP contribution in [0.25, 0.3) is 0 Å². The van der Waals surface area contributed by atoms with Crippen LogP contribution < -0.4 is 0 Å². The van der Waals surface area contributed by atoms with E-state index in [0.717, 1.165) is 0 Å². The van der Waals surface area contributed by atoms with Crippen LogP contribution in [0.4, 0.5) is 0 Å². The van der Waals surface area contributed by atoms with E-state index in [4.69, 9.17) is 28.3 Å². The monoisotopic (exact) mass is 213 g/mol. The van der Waals surface area contributed by atoms with Gasteiger partial charge in [0.1, 0.15) is 6.04 Å². The van der Waals surface area contributed by atoms with Crippen molar-refractivity contribution in [3.63, 3.8) is 0 Å². The Morgan fingerprint density at radius 1 is 1.42 bits per heavy atom. The summed E-state index contributed by atoms with van der Waals surface area (Å²) in [6.07, 6.45) is 0. The van der Waals surface area contributed by atoms with E-state index in [1.54, 1.807) is 11.8 Å². The molecule has 0 heterocycles. The Morgan fingerprint density at radius 3 is 2.08 bits per heavy atom. The van der Waals surface area contributed by atoms with Gasteiger partial charge < -0.3 is 5.11 Å². The Balaban J connectivity index is 3.98. The molecule has 0 unspecified atom stereocenters. The Hall–Kier alpha value is 0.01000. The Kier molecular flexibility index (Phi) is 6.52. The Labute approximate surface area is 82.3 Å². The molecule has 0 saturated carbocycles. The fourth-order valence-corrected chi connectivity index (χ4v) is 1.31. The maximum Gasteiger partial charge on any atom is 0.320 e. The van der Waals surface area contributed by atoms with Gasteiger partial charge in [-0.2, -0.15) is 0 Å². The Morgan fingerprint density at radius 2 is 1.83 bits per heavy atom. The molecule has 0 spiro atoms. The molecule has 72 valence electrons. The van der Waals surface area contributed by atoms with Crippen molar-refractivity contribution in [1.29, 1.82) is 0 Å². The van der Waals surface area contributed by atoms with Gasteiger partial charge in [0.05, 0.1) is 0 Å². The van der Waals surface area contributed by atoms with Crippen LogP contribution in [0.5, 0.6) is 0 Å². The molecule has 3 nitrogen and oxygen atoms in total. The quantitative estimate of drug-likeness (QED) is 0.676. The zero-order valence-electron chi connectivity index (χ0n) is 6.96. The summed E-state index contributed by atoms with van der Waals surface area (Å²) in [5.74, 6) is 0.00784. The number of alkyl halides is 2. The van der Waals surface area contributed by atoms with Crippen LogP contribution in [0, 0.1) is 0 Å². The van der Waals surface area contributed by atoms with Crippen molar-refractivity contribution in [2.24, 2.45) is 0 Å². The molecule has 0 radical (unpaired) electrons. The lowest BCUT2D eigenvalue weighted by Crippen LogP contribution is -2.41. The summed E-state index contributed by atoms with van der Waals surface area (Å²) in [5, 5.41) is 8.68. The van der Waals surface area contributed by atoms with Crippen LogP contribution in [0.1, 0.15) is 6.92 Å². The van der Waals surface area contributed by atoms with Crippen LogP contribution in [-0.4, -0.2) is 46.9 Å². The van der Waals surface area contributed by atoms with E-state index in [1.165, 1.54) is 0 Å². The summed E-state index contributed by atoms with van der Waals surface area (Å²) in [7, 11) is 0. The van der Waals surface area contributed by atoms with E-state index in [-0.39, 0.29) is 0 Å². The molecule has 0 aromatic carbocycles. The first-order valence-electron chi connectivity index (χ1n) is 3.72. The maximum absolute atomic E-state index is 10.6. The molecule has 0 rings (SSSR count). The second-order valence-electron chi connectivity index (χ2n) is 2.43. The second kappa shape index (κ2) is 6.52. The largest absolute Gasteiger partial charge is 0.480 e. The van der Waals surface area contributed by atoms with Gasteiger partial charge in [-0.25, -0.2) is 0 Å². The lowest BCUT2D eigenvalue weighted by molar-refractivity contribution is -0.142. The van der Waals surface area contributed by atoms with Crippen molar-refractivity contribution in [2.45, 2.75) is 13.0 Å². The smallest absolute Gasteiger partial charge is 0.320 e. The van der Waals surface area contributed by atoms with Crippen LogP contribution in [0.15, 0.2) is 0 Å². The molecule has 1 atom stereocenters. The van der Waals surface area contributed by atoms with Gasteiger partial charge in [-0.3, -0.25) is 9.69 Å². The molecule has 0 aromatic rings. The highest BCUT2D eigenvalue weighted by Crippen LogP contribution is 2.00. The predicted octanol–water partition coefficient (Wildman–Crippen LogP) is 1.24. The van der Waals surface area contributed by atoms with Crippen LogP contribution in [0.3, 0.4) is 0 Å². The molecule has 0 aliphatic rings. The molecule has 0 saturated heterocycles. The van der Waals surface area contributed by atoms with E-state index in [1.807, 2.05) is 0 Å². The highest BCUT2D eigenvalue weighted by molar-refractivity contribution is 6.18. The van der Waals surface area contributed by atoms with E-state index in [0.29, 0.717) is 24.8 Å². The number of aliphatic carboxylic acids is 1. The fourth-order valence-electron chi connectivity index (χ4n) is 0.872. The van der Waals surface area contributed by atoms with Crippen molar-refractivity contribution in [3.05, 3.63) is 0 Å². The van der Waals surface area contributed by atoms with Crippen molar-refractivity contribution >= 4 is 29.2 Å². The highest BCUT2D eigenvalue weighted by atomic mass is 35.5. The van der Waals surface area contributed by atoms with E-state index < -0.39 is 12.0 Å². The number of carboxylic acid groups (broad SMARTS) is 1. The van der Waals surface area contributed by atoms with Crippen LogP contribution >= 0.6 is 23.2 Å². The van der Waals surface area contributed by atoms with E-state index >= 15 is 0 Å². The van der Waals surface area contributed by atoms with Crippen molar-refractivity contribution < 1.29 is 9.90 Å². The molecular weight excluding hydrogens is 201 g/mol. The van der Waals surface area contributed by atoms with Gasteiger partial charge in [-0.05, 0) is 6.92 Å². The summed E-state index contributed by atoms with van der Waals surface area (Å²) in [5.41, 5.74) is 0. The van der Waals surface area contributed by atoms with E-state index in [9.17, 15) is 4.79 Å². The molecule has 0 bridgehead atoms. The summed E-state index contributed by atoms with van der Waals surface area (Å²) >= 11 is 11.0. The highest BCUT2D eigenvalue weighted by Gasteiger charge is 2.18. The van der Waals surface area contributed by atoms with Gasteiger partial charge in [0.2, 0.25) is 0 Å². The third kappa shape index (κ3) is 4.14. The molecule has 0 aliphatic heterocycles. The van der Waals surface area contributed by atoms with Crippen molar-refractivity contribution in [3.8, 4) is 0 Å². The fraction of sp³-hybridized carbons (Fsp3) is 0.857. The first-order chi connectivity index (χ1) is 5.63. The first-order valence-corrected chi connectivity index (χ1v) is 4.79. The molecule has 1 N–H and O–H groups in total. The van der Waals surface area contributed by atoms with Gasteiger partial charge in [0.25, 0.3) is 0 Å². The summed E-state index contributed by atoms with van der Waals surface area (Å²) < 4.78 is 0. The molecule has 0 aromatic heterocycles. The molecule has 0 fully saturated rings. The van der Waals surface area contributed by atoms with Crippen molar-refractivity contribution in [2.75, 3.05) is 24.8 Å². The molecule has 12 heavy (non-hydrogen) atoms. The standard InChI is InChI=1S/C7H13Cl2NO2/c1-6(7(11)12)10(4-2-8)5-3-9/h6H,2-5H2,1H3,(H,11,12)/t6-/m0/s1. The van der Waals surface area contributed by atoms with Crippen molar-refractivity contribution in [1.82, 2.24) is 4.90 Å². The summed E-state index contributed by atoms with van der Waals surface area (Å²) in [4.78, 5) is 12.3. The number of nitrogens with zero attached hydrogens (tertiary/aromatic N) is 1. The number of hydrogen-bond donors (Lipinski definition) is 1. The third-order valence-corrected chi connectivity index (χ3v) is 1.99. The van der Waals surface area contributed by atoms with Gasteiger partial charge in [-0.1, -0.05) is 0 Å². The van der Waals surface area contributed by atoms with Gasteiger partial charge in [-0.15, -0.1) is 23.2 Å².